The molecule has 1 aromatic heterocycles. The van der Waals surface area contributed by atoms with Crippen LogP contribution in [0.3, 0.4) is 0 Å². The monoisotopic (exact) mass is 420 g/mol. The Morgan fingerprint density at radius 2 is 1.83 bits per heavy atom. The van der Waals surface area contributed by atoms with Crippen LogP contribution in [0, 0.1) is 5.82 Å². The van der Waals surface area contributed by atoms with E-state index in [1.54, 1.807) is 6.07 Å². The topological polar surface area (TPSA) is 37.3 Å². The van der Waals surface area contributed by atoms with Crippen molar-refractivity contribution in [1.82, 2.24) is 0 Å². The van der Waals surface area contributed by atoms with Crippen molar-refractivity contribution >= 4 is 29.5 Å². The van der Waals surface area contributed by atoms with Crippen molar-refractivity contribution < 1.29 is 14.3 Å². The van der Waals surface area contributed by atoms with Gasteiger partial charge in [-0.25, -0.2) is 4.39 Å². The fourth-order valence-corrected chi connectivity index (χ4v) is 5.25. The summed E-state index contributed by atoms with van der Waals surface area (Å²) in [6, 6.07) is 15.4. The van der Waals surface area contributed by atoms with E-state index in [0.29, 0.717) is 6.42 Å². The smallest absolute Gasteiger partial charge is 0.303 e. The number of aryl methyl sites for hydroxylation is 3. The molecular formula is C26H25FO2S. The predicted molar refractivity (Wildman–Crippen MR) is 122 cm³/mol. The minimum Gasteiger partial charge on any atom is -0.481 e. The van der Waals surface area contributed by atoms with E-state index in [-0.39, 0.29) is 12.2 Å². The first-order valence-corrected chi connectivity index (χ1v) is 11.3. The molecule has 1 aliphatic rings. The zero-order valence-electron chi connectivity index (χ0n) is 16.9. The highest BCUT2D eigenvalue weighted by Gasteiger charge is 2.15. The minimum absolute atomic E-state index is 0.191. The predicted octanol–water partition coefficient (Wildman–Crippen LogP) is 7.01. The SMILES string of the molecule is O=C(O)CCCc1ccc(/C=C/c2cc(F)ccc2-c2cc3c(s2)CCCC3)cc1. The molecule has 154 valence electrons. The zero-order chi connectivity index (χ0) is 20.9. The van der Waals surface area contributed by atoms with Crippen LogP contribution in [0.25, 0.3) is 22.6 Å². The van der Waals surface area contributed by atoms with Gasteiger partial charge in [0.1, 0.15) is 5.82 Å². The van der Waals surface area contributed by atoms with Crippen LogP contribution in [-0.2, 0) is 24.1 Å². The normalized spacial score (nSPS) is 13.5. The summed E-state index contributed by atoms with van der Waals surface area (Å²) >= 11 is 1.84. The van der Waals surface area contributed by atoms with Crippen LogP contribution < -0.4 is 0 Å². The Balaban J connectivity index is 1.53. The number of hydrogen-bond donors (Lipinski definition) is 1. The molecule has 0 aliphatic heterocycles. The van der Waals surface area contributed by atoms with Gasteiger partial charge < -0.3 is 5.11 Å². The van der Waals surface area contributed by atoms with Gasteiger partial charge in [0.2, 0.25) is 0 Å². The van der Waals surface area contributed by atoms with Crippen molar-refractivity contribution in [2.24, 2.45) is 0 Å². The second-order valence-electron chi connectivity index (χ2n) is 7.82. The lowest BCUT2D eigenvalue weighted by molar-refractivity contribution is -0.137. The maximum absolute atomic E-state index is 14.0. The number of aliphatic carboxylic acids is 1. The molecule has 3 aromatic rings. The third-order valence-electron chi connectivity index (χ3n) is 5.57. The maximum Gasteiger partial charge on any atom is 0.303 e. The molecule has 1 aliphatic carbocycles. The molecule has 0 radical (unpaired) electrons. The third-order valence-corrected chi connectivity index (χ3v) is 6.84. The number of carboxylic acid groups (broad SMARTS) is 1. The average Bonchev–Trinajstić information content (AvgIpc) is 3.17. The molecule has 0 saturated carbocycles. The lowest BCUT2D eigenvalue weighted by atomic mass is 9.97. The fraction of sp³-hybridized carbons (Fsp3) is 0.269. The van der Waals surface area contributed by atoms with E-state index in [4.69, 9.17) is 5.11 Å². The number of hydrogen-bond acceptors (Lipinski definition) is 2. The van der Waals surface area contributed by atoms with E-state index < -0.39 is 5.97 Å². The number of halogens is 1. The lowest BCUT2D eigenvalue weighted by Gasteiger charge is -2.08. The zero-order valence-corrected chi connectivity index (χ0v) is 17.7. The average molecular weight is 421 g/mol. The standard InChI is InChI=1S/C26H25FO2S/c27-22-14-15-23(25-17-21-5-1-2-6-24(21)30-25)20(16-22)13-12-19-10-8-18(9-11-19)4-3-7-26(28)29/h8-17H,1-7H2,(H,28,29)/b13-12+. The van der Waals surface area contributed by atoms with Crippen molar-refractivity contribution in [3.8, 4) is 10.4 Å². The second kappa shape index (κ2) is 9.40. The number of carbonyl (C=O) groups is 1. The van der Waals surface area contributed by atoms with Gasteiger partial charge in [-0.1, -0.05) is 42.5 Å². The van der Waals surface area contributed by atoms with E-state index in [1.165, 1.54) is 34.2 Å². The minimum atomic E-state index is -0.757. The van der Waals surface area contributed by atoms with Gasteiger partial charge in [0.05, 0.1) is 0 Å². The van der Waals surface area contributed by atoms with E-state index in [0.717, 1.165) is 41.5 Å². The molecule has 1 N–H and O–H groups in total. The molecule has 0 unspecified atom stereocenters. The van der Waals surface area contributed by atoms with E-state index in [9.17, 15) is 9.18 Å². The molecule has 0 bridgehead atoms. The third kappa shape index (κ3) is 5.06. The molecule has 30 heavy (non-hydrogen) atoms. The van der Waals surface area contributed by atoms with E-state index >= 15 is 0 Å². The Morgan fingerprint density at radius 1 is 1.03 bits per heavy atom. The molecular weight excluding hydrogens is 395 g/mol. The molecule has 4 rings (SSSR count). The molecule has 1 heterocycles. The summed E-state index contributed by atoms with van der Waals surface area (Å²) in [7, 11) is 0. The van der Waals surface area contributed by atoms with Crippen molar-refractivity contribution in [2.45, 2.75) is 44.9 Å². The fourth-order valence-electron chi connectivity index (χ4n) is 3.94. The number of carboxylic acids is 1. The summed E-state index contributed by atoms with van der Waals surface area (Å²) in [6.45, 7) is 0. The lowest BCUT2D eigenvalue weighted by Crippen LogP contribution is -1.96. The Morgan fingerprint density at radius 3 is 2.60 bits per heavy atom. The maximum atomic E-state index is 14.0. The summed E-state index contributed by atoms with van der Waals surface area (Å²) < 4.78 is 14.0. The van der Waals surface area contributed by atoms with Gasteiger partial charge in [0.25, 0.3) is 0 Å². The van der Waals surface area contributed by atoms with Crippen molar-refractivity contribution in [3.05, 3.63) is 81.5 Å². The van der Waals surface area contributed by atoms with Crippen LogP contribution in [0.5, 0.6) is 0 Å². The molecule has 0 fully saturated rings. The summed E-state index contributed by atoms with van der Waals surface area (Å²) in [6.07, 6.45) is 10.4. The summed E-state index contributed by atoms with van der Waals surface area (Å²) in [5.41, 5.74) is 5.59. The van der Waals surface area contributed by atoms with Crippen LogP contribution in [0.15, 0.2) is 48.5 Å². The Bertz CT molecular complexity index is 1040. The van der Waals surface area contributed by atoms with Crippen molar-refractivity contribution in [3.63, 3.8) is 0 Å². The van der Waals surface area contributed by atoms with Gasteiger partial charge in [-0.15, -0.1) is 11.3 Å². The van der Waals surface area contributed by atoms with Gasteiger partial charge in [0, 0.05) is 16.2 Å². The number of fused-ring (bicyclic) bond motifs is 1. The van der Waals surface area contributed by atoms with Crippen LogP contribution in [-0.4, -0.2) is 11.1 Å². The van der Waals surface area contributed by atoms with Gasteiger partial charge in [-0.2, -0.15) is 0 Å². The number of rotatable bonds is 7. The van der Waals surface area contributed by atoms with Crippen LogP contribution in [0.4, 0.5) is 4.39 Å². The van der Waals surface area contributed by atoms with Gasteiger partial charge >= 0.3 is 5.97 Å². The summed E-state index contributed by atoms with van der Waals surface area (Å²) in [4.78, 5) is 13.3. The first-order valence-electron chi connectivity index (χ1n) is 10.5. The molecule has 4 heteroatoms. The van der Waals surface area contributed by atoms with Gasteiger partial charge in [0.15, 0.2) is 0 Å². The first-order chi connectivity index (χ1) is 14.6. The van der Waals surface area contributed by atoms with Crippen molar-refractivity contribution in [2.75, 3.05) is 0 Å². The summed E-state index contributed by atoms with van der Waals surface area (Å²) in [5.74, 6) is -0.986. The Hall–Kier alpha value is -2.72. The molecule has 0 amide bonds. The molecule has 2 nitrogen and oxygen atoms in total. The highest BCUT2D eigenvalue weighted by Crippen LogP contribution is 2.37. The van der Waals surface area contributed by atoms with Crippen LogP contribution in [0.2, 0.25) is 0 Å². The van der Waals surface area contributed by atoms with Crippen LogP contribution in [0.1, 0.15) is 52.8 Å². The highest BCUT2D eigenvalue weighted by atomic mass is 32.1. The van der Waals surface area contributed by atoms with Crippen molar-refractivity contribution in [1.29, 1.82) is 0 Å². The van der Waals surface area contributed by atoms with Gasteiger partial charge in [-0.05, 0) is 84.5 Å². The largest absolute Gasteiger partial charge is 0.481 e. The molecule has 2 aromatic carbocycles. The number of thiophene rings is 1. The Kier molecular flexibility index (Phi) is 6.44. The van der Waals surface area contributed by atoms with Gasteiger partial charge in [-0.3, -0.25) is 4.79 Å². The van der Waals surface area contributed by atoms with E-state index in [2.05, 4.69) is 6.07 Å². The Labute approximate surface area is 180 Å². The molecule has 0 atom stereocenters. The molecule has 0 spiro atoms. The second-order valence-corrected chi connectivity index (χ2v) is 8.96. The number of benzene rings is 2. The highest BCUT2D eigenvalue weighted by molar-refractivity contribution is 7.15. The summed E-state index contributed by atoms with van der Waals surface area (Å²) in [5, 5.41) is 8.75. The quantitative estimate of drug-likeness (QED) is 0.417. The van der Waals surface area contributed by atoms with E-state index in [1.807, 2.05) is 53.8 Å². The molecule has 0 saturated heterocycles. The van der Waals surface area contributed by atoms with Crippen LogP contribution >= 0.6 is 11.3 Å². The first kappa shape index (κ1) is 20.5.